The van der Waals surface area contributed by atoms with Crippen molar-refractivity contribution >= 4 is 17.9 Å². The molecule has 0 aromatic carbocycles. The lowest BCUT2D eigenvalue weighted by Crippen LogP contribution is -2.50. The monoisotopic (exact) mass is 638 g/mol. The van der Waals surface area contributed by atoms with Gasteiger partial charge in [0.25, 0.3) is 0 Å². The van der Waals surface area contributed by atoms with Gasteiger partial charge in [-0.3, -0.25) is 9.59 Å². The van der Waals surface area contributed by atoms with E-state index in [2.05, 4.69) is 32.1 Å². The van der Waals surface area contributed by atoms with Crippen LogP contribution in [0.5, 0.6) is 0 Å². The van der Waals surface area contributed by atoms with Gasteiger partial charge in [-0.25, -0.2) is 4.79 Å². The third kappa shape index (κ3) is 27.8. The molecule has 0 rings (SSSR count). The second kappa shape index (κ2) is 29.2. The van der Waals surface area contributed by atoms with Gasteiger partial charge in [-0.15, -0.1) is 0 Å². The van der Waals surface area contributed by atoms with Crippen molar-refractivity contribution in [2.45, 2.75) is 154 Å². The van der Waals surface area contributed by atoms with Gasteiger partial charge in [0.2, 0.25) is 0 Å². The Morgan fingerprint density at radius 3 is 1.80 bits per heavy atom. The van der Waals surface area contributed by atoms with E-state index < -0.39 is 18.1 Å². The molecule has 0 aliphatic rings. The van der Waals surface area contributed by atoms with Gasteiger partial charge in [0.05, 0.1) is 34.4 Å². The number of carboxylic acid groups (broad SMARTS) is 1. The Labute approximate surface area is 275 Å². The Morgan fingerprint density at radius 2 is 1.22 bits per heavy atom. The normalized spacial score (nSPS) is 13.4. The van der Waals surface area contributed by atoms with Gasteiger partial charge in [-0.2, -0.15) is 0 Å². The van der Waals surface area contributed by atoms with Crippen molar-refractivity contribution in [2.75, 3.05) is 41.0 Å². The number of carboxylic acids is 1. The number of aliphatic carboxylic acids is 1. The van der Waals surface area contributed by atoms with E-state index >= 15 is 0 Å². The maximum Gasteiger partial charge on any atom is 0.362 e. The standard InChI is InChI=1S/C37H67NO7/c1-6-8-10-12-14-16-17-18-19-20-22-23-25-27-35(39)44-32-33(31-43-30-29-34(37(41)42)38(3,4)5)45-36(40)28-26-24-21-15-13-11-9-7-2/h18-19,22-23,33-34H,6-17,20-21,24-32H2,1-5H3/p+1/b19-18+,23-22+. The van der Waals surface area contributed by atoms with E-state index in [0.717, 1.165) is 32.1 Å². The van der Waals surface area contributed by atoms with E-state index in [1.54, 1.807) is 0 Å². The molecule has 1 N–H and O–H groups in total. The van der Waals surface area contributed by atoms with Gasteiger partial charge in [0.1, 0.15) is 6.61 Å². The van der Waals surface area contributed by atoms with Gasteiger partial charge in [0, 0.05) is 19.3 Å². The van der Waals surface area contributed by atoms with E-state index in [-0.39, 0.29) is 42.7 Å². The molecule has 0 bridgehead atoms. The highest BCUT2D eigenvalue weighted by Gasteiger charge is 2.31. The zero-order valence-electron chi connectivity index (χ0n) is 29.6. The number of likely N-dealkylation sites (N-methyl/N-ethyl adjacent to an activating group) is 1. The summed E-state index contributed by atoms with van der Waals surface area (Å²) in [5.74, 6) is -1.56. The fourth-order valence-corrected chi connectivity index (χ4v) is 5.02. The van der Waals surface area contributed by atoms with Crippen LogP contribution in [-0.2, 0) is 28.6 Å². The number of rotatable bonds is 31. The van der Waals surface area contributed by atoms with Gasteiger partial charge in [0.15, 0.2) is 12.1 Å². The topological polar surface area (TPSA) is 99.1 Å². The molecule has 8 heteroatoms. The van der Waals surface area contributed by atoms with Crippen LogP contribution in [0.25, 0.3) is 0 Å². The van der Waals surface area contributed by atoms with Gasteiger partial charge in [-0.05, 0) is 32.1 Å². The summed E-state index contributed by atoms with van der Waals surface area (Å²) in [4.78, 5) is 36.5. The average molecular weight is 639 g/mol. The number of esters is 2. The molecule has 0 aromatic heterocycles. The molecular weight excluding hydrogens is 570 g/mol. The number of carbonyl (C=O) groups is 3. The van der Waals surface area contributed by atoms with Crippen molar-refractivity contribution in [3.8, 4) is 0 Å². The Bertz CT molecular complexity index is 803. The maximum atomic E-state index is 12.5. The fourth-order valence-electron chi connectivity index (χ4n) is 5.02. The van der Waals surface area contributed by atoms with Crippen molar-refractivity contribution in [1.82, 2.24) is 0 Å². The molecule has 2 unspecified atom stereocenters. The molecular formula is C37H68NO7+. The number of carbonyl (C=O) groups excluding carboxylic acids is 2. The second-order valence-electron chi connectivity index (χ2n) is 13.1. The molecule has 0 saturated carbocycles. The highest BCUT2D eigenvalue weighted by molar-refractivity contribution is 5.72. The van der Waals surface area contributed by atoms with Crippen LogP contribution >= 0.6 is 0 Å². The first-order valence-corrected chi connectivity index (χ1v) is 17.9. The molecule has 0 radical (unpaired) electrons. The Kier molecular flexibility index (Phi) is 27.8. The summed E-state index contributed by atoms with van der Waals surface area (Å²) in [6, 6.07) is -0.616. The van der Waals surface area contributed by atoms with E-state index in [1.165, 1.54) is 70.6 Å². The van der Waals surface area contributed by atoms with E-state index in [0.29, 0.717) is 19.3 Å². The van der Waals surface area contributed by atoms with Crippen molar-refractivity contribution in [3.05, 3.63) is 24.3 Å². The van der Waals surface area contributed by atoms with Crippen LogP contribution in [-0.4, -0.2) is 80.6 Å². The van der Waals surface area contributed by atoms with Crippen molar-refractivity contribution < 1.29 is 38.2 Å². The van der Waals surface area contributed by atoms with Gasteiger partial charge < -0.3 is 23.8 Å². The summed E-state index contributed by atoms with van der Waals surface area (Å²) in [7, 11) is 5.49. The van der Waals surface area contributed by atoms with E-state index in [1.807, 2.05) is 27.2 Å². The van der Waals surface area contributed by atoms with Crippen molar-refractivity contribution in [2.24, 2.45) is 0 Å². The minimum absolute atomic E-state index is 0.0465. The first kappa shape index (κ1) is 42.8. The molecule has 0 spiro atoms. The predicted octanol–water partition coefficient (Wildman–Crippen LogP) is 8.57. The number of hydrogen-bond acceptors (Lipinski definition) is 6. The van der Waals surface area contributed by atoms with Crippen molar-refractivity contribution in [3.63, 3.8) is 0 Å². The number of unbranched alkanes of at least 4 members (excludes halogenated alkanes) is 13. The number of quaternary nitrogens is 1. The molecule has 0 aliphatic carbocycles. The summed E-state index contributed by atoms with van der Waals surface area (Å²) in [6.07, 6.45) is 28.1. The summed E-state index contributed by atoms with van der Waals surface area (Å²) in [5, 5.41) is 9.54. The molecule has 0 heterocycles. The quantitative estimate of drug-likeness (QED) is 0.0351. The molecule has 0 saturated heterocycles. The van der Waals surface area contributed by atoms with E-state index in [9.17, 15) is 19.5 Å². The Morgan fingerprint density at radius 1 is 0.667 bits per heavy atom. The number of hydrogen-bond donors (Lipinski definition) is 1. The van der Waals surface area contributed by atoms with E-state index in [4.69, 9.17) is 14.2 Å². The van der Waals surface area contributed by atoms with Crippen LogP contribution in [0.1, 0.15) is 142 Å². The largest absolute Gasteiger partial charge is 0.477 e. The summed E-state index contributed by atoms with van der Waals surface area (Å²) in [5.41, 5.74) is 0. The number of nitrogens with zero attached hydrogens (tertiary/aromatic N) is 1. The molecule has 0 aromatic rings. The molecule has 262 valence electrons. The summed E-state index contributed by atoms with van der Waals surface area (Å²) >= 11 is 0. The lowest BCUT2D eigenvalue weighted by atomic mass is 10.1. The lowest BCUT2D eigenvalue weighted by molar-refractivity contribution is -0.887. The number of allylic oxidation sites excluding steroid dienone is 4. The van der Waals surface area contributed by atoms with Crippen LogP contribution in [0.15, 0.2) is 24.3 Å². The smallest absolute Gasteiger partial charge is 0.362 e. The van der Waals surface area contributed by atoms with Crippen LogP contribution in [0.3, 0.4) is 0 Å². The van der Waals surface area contributed by atoms with Crippen LogP contribution in [0.2, 0.25) is 0 Å². The maximum absolute atomic E-state index is 12.5. The first-order chi connectivity index (χ1) is 21.6. The molecule has 0 fully saturated rings. The molecule has 8 nitrogen and oxygen atoms in total. The second-order valence-corrected chi connectivity index (χ2v) is 13.1. The SMILES string of the molecule is CCCCCCCC/C=C/C/C=C/CCC(=O)OCC(COCCC(C(=O)O)[N+](C)(C)C)OC(=O)CCCCCCCCCC. The Hall–Kier alpha value is -2.19. The highest BCUT2D eigenvalue weighted by Crippen LogP contribution is 2.12. The van der Waals surface area contributed by atoms with Gasteiger partial charge in [-0.1, -0.05) is 115 Å². The minimum Gasteiger partial charge on any atom is -0.477 e. The van der Waals surface area contributed by atoms with Gasteiger partial charge >= 0.3 is 17.9 Å². The molecule has 0 aliphatic heterocycles. The fraction of sp³-hybridized carbons (Fsp3) is 0.811. The van der Waals surface area contributed by atoms with Crippen LogP contribution in [0.4, 0.5) is 0 Å². The summed E-state index contributed by atoms with van der Waals surface area (Å²) < 4.78 is 17.0. The lowest BCUT2D eigenvalue weighted by Gasteiger charge is -2.31. The highest BCUT2D eigenvalue weighted by atomic mass is 16.6. The first-order valence-electron chi connectivity index (χ1n) is 17.9. The van der Waals surface area contributed by atoms with Crippen LogP contribution < -0.4 is 0 Å². The Balaban J connectivity index is 4.51. The predicted molar refractivity (Wildman–Crippen MR) is 183 cm³/mol. The number of ether oxygens (including phenoxy) is 3. The van der Waals surface area contributed by atoms with Crippen LogP contribution in [0, 0.1) is 0 Å². The molecule has 2 atom stereocenters. The molecule has 0 amide bonds. The molecule has 45 heavy (non-hydrogen) atoms. The average Bonchev–Trinajstić information content (AvgIpc) is 2.98. The van der Waals surface area contributed by atoms with Crippen molar-refractivity contribution in [1.29, 1.82) is 0 Å². The zero-order valence-corrected chi connectivity index (χ0v) is 29.6. The third-order valence-corrected chi connectivity index (χ3v) is 7.87. The zero-order chi connectivity index (χ0) is 33.6. The summed E-state index contributed by atoms with van der Waals surface area (Å²) in [6.45, 7) is 4.61. The third-order valence-electron chi connectivity index (χ3n) is 7.87. The minimum atomic E-state index is -0.883.